The highest BCUT2D eigenvalue weighted by Crippen LogP contribution is 2.23. The highest BCUT2D eigenvalue weighted by atomic mass is 35.5. The summed E-state index contributed by atoms with van der Waals surface area (Å²) >= 11 is 12.0. The minimum absolute atomic E-state index is 0.221. The number of nitrogens with one attached hydrogen (secondary N) is 1. The lowest BCUT2D eigenvalue weighted by molar-refractivity contribution is 0.225. The van der Waals surface area contributed by atoms with Gasteiger partial charge in [-0.1, -0.05) is 61.8 Å². The molecule has 0 amide bonds. The van der Waals surface area contributed by atoms with Crippen molar-refractivity contribution in [1.82, 2.24) is 5.32 Å². The van der Waals surface area contributed by atoms with Gasteiger partial charge in [0, 0.05) is 6.54 Å². The second-order valence-corrected chi connectivity index (χ2v) is 6.51. The Balaban J connectivity index is 2.64. The Morgan fingerprint density at radius 1 is 1.31 bits per heavy atom. The molecule has 4 nitrogen and oxygen atoms in total. The quantitative estimate of drug-likeness (QED) is 0.177. The van der Waals surface area contributed by atoms with Crippen molar-refractivity contribution in [2.75, 3.05) is 13.2 Å². The number of rotatable bonds is 11. The van der Waals surface area contributed by atoms with Crippen LogP contribution in [0, 0.1) is 0 Å². The van der Waals surface area contributed by atoms with Crippen LogP contribution in [0.5, 0.6) is 0 Å². The van der Waals surface area contributed by atoms with E-state index in [1.54, 1.807) is 18.2 Å². The van der Waals surface area contributed by atoms with Gasteiger partial charge in [-0.15, -0.1) is 0 Å². The molecule has 0 aliphatic rings. The number of hydrogen-bond donors (Lipinski definition) is 2. The van der Waals surface area contributed by atoms with Crippen molar-refractivity contribution in [3.05, 3.63) is 70.7 Å². The molecule has 0 aliphatic carbocycles. The molecule has 0 aromatic heterocycles. The third-order valence-electron chi connectivity index (χ3n) is 3.43. The van der Waals surface area contributed by atoms with Crippen LogP contribution in [0.3, 0.4) is 0 Å². The highest BCUT2D eigenvalue weighted by Gasteiger charge is 2.08. The van der Waals surface area contributed by atoms with Crippen molar-refractivity contribution in [2.24, 2.45) is 10.7 Å². The Hall–Kier alpha value is -1.91. The molecule has 6 heteroatoms. The van der Waals surface area contributed by atoms with E-state index < -0.39 is 0 Å². The van der Waals surface area contributed by atoms with Crippen molar-refractivity contribution in [3.63, 3.8) is 0 Å². The molecule has 0 heterocycles. The number of unbranched alkanes of at least 4 members (excludes halogenated alkanes) is 1. The third kappa shape index (κ3) is 8.45. The van der Waals surface area contributed by atoms with Gasteiger partial charge < -0.3 is 15.8 Å². The molecule has 0 fully saturated rings. The summed E-state index contributed by atoms with van der Waals surface area (Å²) in [5.74, 6) is 1.38. The van der Waals surface area contributed by atoms with E-state index in [0.717, 1.165) is 37.8 Å². The zero-order chi connectivity index (χ0) is 19.4. The Kier molecular flexibility index (Phi) is 10.6. The van der Waals surface area contributed by atoms with Crippen molar-refractivity contribution in [1.29, 1.82) is 0 Å². The Morgan fingerprint density at radius 3 is 2.69 bits per heavy atom. The van der Waals surface area contributed by atoms with Gasteiger partial charge in [-0.3, -0.25) is 0 Å². The lowest BCUT2D eigenvalue weighted by atomic mass is 10.1. The number of ether oxygens (including phenoxy) is 1. The standard InChI is InChI=1S/C20H27Cl2N3O/c1-4-6-12-24-20(25-15(3)23)19(8-5-2)26-13-7-9-16-10-11-17(21)18(22)14-16/h5,8,10-11,14H,2-4,6-7,9,12-13,23H2,1H3,(H,24,25)/b19-8+. The van der Waals surface area contributed by atoms with E-state index in [4.69, 9.17) is 33.7 Å². The zero-order valence-electron chi connectivity index (χ0n) is 15.2. The molecular formula is C20H27Cl2N3O. The number of aryl methyl sites for hydroxylation is 1. The predicted molar refractivity (Wildman–Crippen MR) is 113 cm³/mol. The second kappa shape index (κ2) is 12.4. The second-order valence-electron chi connectivity index (χ2n) is 5.70. The molecule has 0 radical (unpaired) electrons. The van der Waals surface area contributed by atoms with Crippen LogP contribution in [0.15, 0.2) is 60.1 Å². The summed E-state index contributed by atoms with van der Waals surface area (Å²) < 4.78 is 5.89. The summed E-state index contributed by atoms with van der Waals surface area (Å²) in [6, 6.07) is 5.65. The van der Waals surface area contributed by atoms with Gasteiger partial charge in [-0.2, -0.15) is 0 Å². The molecule has 1 aromatic carbocycles. The lowest BCUT2D eigenvalue weighted by Crippen LogP contribution is -2.28. The summed E-state index contributed by atoms with van der Waals surface area (Å²) in [4.78, 5) is 4.24. The van der Waals surface area contributed by atoms with Crippen LogP contribution in [0.1, 0.15) is 31.7 Å². The zero-order valence-corrected chi connectivity index (χ0v) is 16.7. The summed E-state index contributed by atoms with van der Waals surface area (Å²) in [7, 11) is 0. The van der Waals surface area contributed by atoms with E-state index in [1.807, 2.05) is 12.1 Å². The normalized spacial score (nSPS) is 12.0. The molecule has 0 bridgehead atoms. The molecule has 0 atom stereocenters. The number of hydrogen-bond acceptors (Lipinski definition) is 3. The van der Waals surface area contributed by atoms with Crippen LogP contribution in [-0.4, -0.2) is 19.0 Å². The smallest absolute Gasteiger partial charge is 0.170 e. The van der Waals surface area contributed by atoms with Crippen molar-refractivity contribution in [3.8, 4) is 0 Å². The SMILES string of the molecule is C=C/C=C(OCCCc1ccc(Cl)c(Cl)c1)\C(=N/C(=C)N)NCCCC. The molecule has 26 heavy (non-hydrogen) atoms. The molecule has 3 N–H and O–H groups in total. The van der Waals surface area contributed by atoms with Gasteiger partial charge in [-0.25, -0.2) is 4.99 Å². The van der Waals surface area contributed by atoms with E-state index in [2.05, 4.69) is 30.4 Å². The molecule has 0 spiro atoms. The minimum Gasteiger partial charge on any atom is -0.490 e. The Morgan fingerprint density at radius 2 is 2.08 bits per heavy atom. The summed E-state index contributed by atoms with van der Waals surface area (Å²) in [6.07, 6.45) is 7.17. The van der Waals surface area contributed by atoms with E-state index in [0.29, 0.717) is 28.2 Å². The van der Waals surface area contributed by atoms with Crippen LogP contribution >= 0.6 is 23.2 Å². The van der Waals surface area contributed by atoms with Crippen LogP contribution in [0.25, 0.3) is 0 Å². The third-order valence-corrected chi connectivity index (χ3v) is 4.17. The Labute approximate surface area is 166 Å². The molecule has 0 aliphatic heterocycles. The molecule has 142 valence electrons. The molecule has 0 saturated heterocycles. The fraction of sp³-hybridized carbons (Fsp3) is 0.350. The average Bonchev–Trinajstić information content (AvgIpc) is 2.59. The number of nitrogens with zero attached hydrogens (tertiary/aromatic N) is 1. The number of benzene rings is 1. The summed E-state index contributed by atoms with van der Waals surface area (Å²) in [5.41, 5.74) is 6.75. The largest absolute Gasteiger partial charge is 0.490 e. The van der Waals surface area contributed by atoms with Crippen LogP contribution in [0.2, 0.25) is 10.0 Å². The molecule has 1 rings (SSSR count). The first-order valence-corrected chi connectivity index (χ1v) is 9.40. The van der Waals surface area contributed by atoms with Gasteiger partial charge in [-0.05, 0) is 43.0 Å². The van der Waals surface area contributed by atoms with E-state index in [9.17, 15) is 0 Å². The van der Waals surface area contributed by atoms with Gasteiger partial charge in [0.15, 0.2) is 11.6 Å². The number of halogens is 2. The van der Waals surface area contributed by atoms with E-state index in [-0.39, 0.29) is 5.82 Å². The number of nitrogens with two attached hydrogens (primary N) is 1. The monoisotopic (exact) mass is 395 g/mol. The highest BCUT2D eigenvalue weighted by molar-refractivity contribution is 6.42. The van der Waals surface area contributed by atoms with Crippen molar-refractivity contribution in [2.45, 2.75) is 32.6 Å². The minimum atomic E-state index is 0.221. The molecule has 0 unspecified atom stereocenters. The average molecular weight is 396 g/mol. The fourth-order valence-corrected chi connectivity index (χ4v) is 2.49. The van der Waals surface area contributed by atoms with Gasteiger partial charge in [0.25, 0.3) is 0 Å². The first-order chi connectivity index (χ1) is 12.5. The van der Waals surface area contributed by atoms with E-state index in [1.165, 1.54) is 0 Å². The van der Waals surface area contributed by atoms with Crippen LogP contribution in [0.4, 0.5) is 0 Å². The van der Waals surface area contributed by atoms with E-state index >= 15 is 0 Å². The molecule has 1 aromatic rings. The summed E-state index contributed by atoms with van der Waals surface area (Å²) in [6.45, 7) is 10.8. The first-order valence-electron chi connectivity index (χ1n) is 8.64. The van der Waals surface area contributed by atoms with Gasteiger partial charge >= 0.3 is 0 Å². The maximum atomic E-state index is 6.04. The molecular weight excluding hydrogens is 369 g/mol. The maximum absolute atomic E-state index is 6.04. The molecule has 0 saturated carbocycles. The van der Waals surface area contributed by atoms with Gasteiger partial charge in [0.2, 0.25) is 0 Å². The van der Waals surface area contributed by atoms with Crippen molar-refractivity contribution < 1.29 is 4.74 Å². The summed E-state index contributed by atoms with van der Waals surface area (Å²) in [5, 5.41) is 4.37. The van der Waals surface area contributed by atoms with Crippen molar-refractivity contribution >= 4 is 29.0 Å². The fourth-order valence-electron chi connectivity index (χ4n) is 2.16. The Bertz CT molecular complexity index is 669. The number of amidine groups is 1. The van der Waals surface area contributed by atoms with Gasteiger partial charge in [0.1, 0.15) is 5.82 Å². The topological polar surface area (TPSA) is 59.6 Å². The first kappa shape index (κ1) is 22.1. The van der Waals surface area contributed by atoms with Crippen LogP contribution < -0.4 is 11.1 Å². The van der Waals surface area contributed by atoms with Crippen LogP contribution in [-0.2, 0) is 11.2 Å². The maximum Gasteiger partial charge on any atom is 0.170 e. The number of aliphatic imine (C=N–C) groups is 1. The lowest BCUT2D eigenvalue weighted by Gasteiger charge is -2.15. The van der Waals surface area contributed by atoms with Gasteiger partial charge in [0.05, 0.1) is 16.7 Å². The number of allylic oxidation sites excluding steroid dienone is 2. The predicted octanol–water partition coefficient (Wildman–Crippen LogP) is 5.23.